The van der Waals surface area contributed by atoms with Crippen LogP contribution in [0.5, 0.6) is 0 Å². The van der Waals surface area contributed by atoms with Crippen molar-refractivity contribution in [2.45, 2.75) is 6.10 Å². The minimum absolute atomic E-state index is 1.88. The highest BCUT2D eigenvalue weighted by Gasteiger charge is 2.41. The Labute approximate surface area is 76.4 Å². The third-order valence-corrected chi connectivity index (χ3v) is 1.33. The van der Waals surface area contributed by atoms with Gasteiger partial charge in [0.15, 0.2) is 12.0 Å². The summed E-state index contributed by atoms with van der Waals surface area (Å²) in [4.78, 5) is 41.1. The van der Waals surface area contributed by atoms with Gasteiger partial charge in [0.1, 0.15) is 0 Å². The predicted molar refractivity (Wildman–Crippen MR) is 37.4 cm³/mol. The van der Waals surface area contributed by atoms with Crippen LogP contribution in [-0.4, -0.2) is 50.2 Å². The highest BCUT2D eigenvalue weighted by Crippen LogP contribution is 2.06. The molecule has 14 heavy (non-hydrogen) atoms. The first kappa shape index (κ1) is 12.0. The minimum atomic E-state index is -2.57. The molecule has 2 atom stereocenters. The SMILES string of the molecule is O=C(O)C(=O)[C@H](C(=O)O)[C@@H](O)C(=O)O. The highest BCUT2D eigenvalue weighted by molar-refractivity contribution is 6.37. The van der Waals surface area contributed by atoms with Crippen LogP contribution in [-0.2, 0) is 19.2 Å². The first-order chi connectivity index (χ1) is 6.29. The van der Waals surface area contributed by atoms with Crippen LogP contribution >= 0.6 is 0 Å². The lowest BCUT2D eigenvalue weighted by molar-refractivity contribution is -0.167. The van der Waals surface area contributed by atoms with Crippen molar-refractivity contribution >= 4 is 23.7 Å². The molecule has 8 nitrogen and oxygen atoms in total. The Bertz CT molecular complexity index is 292. The van der Waals surface area contributed by atoms with Crippen molar-refractivity contribution in [3.63, 3.8) is 0 Å². The van der Waals surface area contributed by atoms with Gasteiger partial charge in [0.25, 0.3) is 5.78 Å². The molecule has 0 aliphatic heterocycles. The average molecular weight is 206 g/mol. The van der Waals surface area contributed by atoms with Gasteiger partial charge in [-0.15, -0.1) is 0 Å². The van der Waals surface area contributed by atoms with Crippen molar-refractivity contribution in [2.75, 3.05) is 0 Å². The van der Waals surface area contributed by atoms with Crippen molar-refractivity contribution in [1.82, 2.24) is 0 Å². The number of rotatable bonds is 5. The number of Topliss-reactive ketones (excluding diaryl/α,β-unsaturated/α-hetero) is 1. The quantitative estimate of drug-likeness (QED) is 0.292. The van der Waals surface area contributed by atoms with Crippen molar-refractivity contribution in [3.05, 3.63) is 0 Å². The van der Waals surface area contributed by atoms with E-state index in [2.05, 4.69) is 0 Å². The molecule has 0 rings (SSSR count). The number of carbonyl (C=O) groups excluding carboxylic acids is 1. The minimum Gasteiger partial charge on any atom is -0.481 e. The monoisotopic (exact) mass is 206 g/mol. The van der Waals surface area contributed by atoms with Crippen LogP contribution in [0.3, 0.4) is 0 Å². The highest BCUT2D eigenvalue weighted by atomic mass is 16.4. The molecule has 0 spiro atoms. The molecule has 78 valence electrons. The van der Waals surface area contributed by atoms with Crippen molar-refractivity contribution < 1.29 is 39.6 Å². The summed E-state index contributed by atoms with van der Waals surface area (Å²) in [6, 6.07) is 0. The molecule has 0 saturated carbocycles. The van der Waals surface area contributed by atoms with E-state index < -0.39 is 35.7 Å². The van der Waals surface area contributed by atoms with Gasteiger partial charge in [-0.3, -0.25) is 9.59 Å². The van der Waals surface area contributed by atoms with E-state index >= 15 is 0 Å². The van der Waals surface area contributed by atoms with E-state index in [9.17, 15) is 19.2 Å². The topological polar surface area (TPSA) is 149 Å². The second-order valence-electron chi connectivity index (χ2n) is 2.27. The molecule has 0 unspecified atom stereocenters. The summed E-state index contributed by atoms with van der Waals surface area (Å²) in [7, 11) is 0. The van der Waals surface area contributed by atoms with Crippen LogP contribution in [0.15, 0.2) is 0 Å². The molecule has 0 aromatic rings. The van der Waals surface area contributed by atoms with Crippen LogP contribution in [0.25, 0.3) is 0 Å². The molecule has 0 aliphatic rings. The summed E-state index contributed by atoms with van der Waals surface area (Å²) in [5.41, 5.74) is 0. The van der Waals surface area contributed by atoms with E-state index in [-0.39, 0.29) is 0 Å². The Kier molecular flexibility index (Phi) is 3.72. The van der Waals surface area contributed by atoms with Crippen molar-refractivity contribution in [2.24, 2.45) is 5.92 Å². The fraction of sp³-hybridized carbons (Fsp3) is 0.333. The van der Waals surface area contributed by atoms with E-state index in [0.29, 0.717) is 0 Å². The first-order valence-corrected chi connectivity index (χ1v) is 3.19. The number of hydrogen-bond donors (Lipinski definition) is 4. The molecule has 0 amide bonds. The number of carboxylic acid groups (broad SMARTS) is 3. The van der Waals surface area contributed by atoms with Gasteiger partial charge in [0, 0.05) is 0 Å². The van der Waals surface area contributed by atoms with E-state index in [1.54, 1.807) is 0 Å². The Morgan fingerprint density at radius 1 is 0.857 bits per heavy atom. The Balaban J connectivity index is 4.96. The molecular formula is C6H6O8. The summed E-state index contributed by atoms with van der Waals surface area (Å²) < 4.78 is 0. The summed E-state index contributed by atoms with van der Waals surface area (Å²) in [5, 5.41) is 33.3. The van der Waals surface area contributed by atoms with E-state index in [4.69, 9.17) is 20.4 Å². The summed E-state index contributed by atoms with van der Waals surface area (Å²) in [5.74, 6) is -10.5. The number of aliphatic hydroxyl groups excluding tert-OH is 1. The Hall–Kier alpha value is -1.96. The number of ketones is 1. The second-order valence-corrected chi connectivity index (χ2v) is 2.27. The van der Waals surface area contributed by atoms with Crippen LogP contribution < -0.4 is 0 Å². The number of hydrogen-bond acceptors (Lipinski definition) is 5. The van der Waals surface area contributed by atoms with E-state index in [1.807, 2.05) is 0 Å². The Morgan fingerprint density at radius 2 is 1.29 bits per heavy atom. The largest absolute Gasteiger partial charge is 0.481 e. The molecule has 0 aromatic heterocycles. The van der Waals surface area contributed by atoms with Gasteiger partial charge in [0.05, 0.1) is 0 Å². The van der Waals surface area contributed by atoms with Crippen LogP contribution in [0.2, 0.25) is 0 Å². The summed E-state index contributed by atoms with van der Waals surface area (Å²) in [6.45, 7) is 0. The third kappa shape index (κ3) is 2.52. The maximum atomic E-state index is 10.6. The maximum absolute atomic E-state index is 10.6. The molecule has 0 bridgehead atoms. The molecule has 0 aromatic carbocycles. The molecular weight excluding hydrogens is 200 g/mol. The molecule has 0 radical (unpaired) electrons. The van der Waals surface area contributed by atoms with Crippen LogP contribution in [0, 0.1) is 5.92 Å². The van der Waals surface area contributed by atoms with Crippen molar-refractivity contribution in [3.8, 4) is 0 Å². The summed E-state index contributed by atoms with van der Waals surface area (Å²) in [6.07, 6.45) is -2.57. The number of aliphatic carboxylic acids is 3. The zero-order valence-electron chi connectivity index (χ0n) is 6.58. The second kappa shape index (κ2) is 4.33. The fourth-order valence-corrected chi connectivity index (χ4v) is 0.666. The smallest absolute Gasteiger partial charge is 0.373 e. The van der Waals surface area contributed by atoms with Gasteiger partial charge < -0.3 is 20.4 Å². The van der Waals surface area contributed by atoms with Crippen LogP contribution in [0.4, 0.5) is 0 Å². The van der Waals surface area contributed by atoms with Gasteiger partial charge in [-0.1, -0.05) is 0 Å². The lowest BCUT2D eigenvalue weighted by Crippen LogP contribution is -2.42. The van der Waals surface area contributed by atoms with Gasteiger partial charge in [-0.05, 0) is 0 Å². The predicted octanol–water partition coefficient (Wildman–Crippen LogP) is -2.21. The molecule has 0 heterocycles. The first-order valence-electron chi connectivity index (χ1n) is 3.19. The third-order valence-electron chi connectivity index (χ3n) is 1.33. The van der Waals surface area contributed by atoms with E-state index in [0.717, 1.165) is 0 Å². The Morgan fingerprint density at radius 3 is 1.50 bits per heavy atom. The van der Waals surface area contributed by atoms with Gasteiger partial charge in [-0.2, -0.15) is 0 Å². The lowest BCUT2D eigenvalue weighted by Gasteiger charge is -2.11. The zero-order valence-corrected chi connectivity index (χ0v) is 6.58. The molecule has 0 fully saturated rings. The normalized spacial score (nSPS) is 14.1. The maximum Gasteiger partial charge on any atom is 0.373 e. The standard InChI is InChI=1S/C6H6O8/c7-2(5(11)12)1(4(9)10)3(8)6(13)14/h1-2,7H,(H,9,10)(H,11,12)(H,13,14)/t1-,2-/m1/s1. The van der Waals surface area contributed by atoms with Crippen molar-refractivity contribution in [1.29, 1.82) is 0 Å². The molecule has 4 N–H and O–H groups in total. The number of aliphatic hydroxyl groups is 1. The van der Waals surface area contributed by atoms with Gasteiger partial charge in [0.2, 0.25) is 0 Å². The average Bonchev–Trinajstić information content (AvgIpc) is 2.03. The van der Waals surface area contributed by atoms with Gasteiger partial charge >= 0.3 is 17.9 Å². The number of carboxylic acids is 3. The van der Waals surface area contributed by atoms with E-state index in [1.165, 1.54) is 0 Å². The number of carbonyl (C=O) groups is 4. The van der Waals surface area contributed by atoms with Gasteiger partial charge in [-0.25, -0.2) is 9.59 Å². The summed E-state index contributed by atoms with van der Waals surface area (Å²) >= 11 is 0. The molecule has 0 aliphatic carbocycles. The molecule has 8 heteroatoms. The zero-order chi connectivity index (χ0) is 11.5. The molecule has 0 saturated heterocycles. The van der Waals surface area contributed by atoms with Crippen LogP contribution in [0.1, 0.15) is 0 Å². The fourth-order valence-electron chi connectivity index (χ4n) is 0.666. The lowest BCUT2D eigenvalue weighted by atomic mass is 9.97.